The third-order valence-electron chi connectivity index (χ3n) is 4.02. The summed E-state index contributed by atoms with van der Waals surface area (Å²) in [5, 5.41) is 0. The summed E-state index contributed by atoms with van der Waals surface area (Å²) in [6, 6.07) is 14.0. The molecule has 0 aliphatic heterocycles. The van der Waals surface area contributed by atoms with Gasteiger partial charge in [-0.2, -0.15) is 4.99 Å². The quantitative estimate of drug-likeness (QED) is 0.585. The van der Waals surface area contributed by atoms with Crippen LogP contribution in [0.15, 0.2) is 52.4 Å². The van der Waals surface area contributed by atoms with Gasteiger partial charge in [-0.15, -0.1) is 11.8 Å². The van der Waals surface area contributed by atoms with E-state index < -0.39 is 0 Å². The van der Waals surface area contributed by atoms with Gasteiger partial charge < -0.3 is 9.30 Å². The molecule has 3 aromatic rings. The van der Waals surface area contributed by atoms with E-state index in [9.17, 15) is 4.79 Å². The summed E-state index contributed by atoms with van der Waals surface area (Å²) in [6.07, 6.45) is 2.36. The van der Waals surface area contributed by atoms with E-state index >= 15 is 0 Å². The SMILES string of the molecule is CCOc1ccc(CC(=O)N=c2sc3cc(SC)ccc3n2CC)cc1. The molecule has 0 saturated heterocycles. The summed E-state index contributed by atoms with van der Waals surface area (Å²) in [7, 11) is 0. The fourth-order valence-corrected chi connectivity index (χ4v) is 4.43. The predicted molar refractivity (Wildman–Crippen MR) is 109 cm³/mol. The average Bonchev–Trinajstić information content (AvgIpc) is 2.99. The van der Waals surface area contributed by atoms with Crippen molar-refractivity contribution in [3.05, 3.63) is 52.8 Å². The molecule has 1 heterocycles. The Bertz CT molecular complexity index is 972. The largest absolute Gasteiger partial charge is 0.494 e. The second-order valence-corrected chi connectivity index (χ2v) is 7.61. The lowest BCUT2D eigenvalue weighted by Crippen LogP contribution is -2.16. The number of hydrogen-bond acceptors (Lipinski definition) is 4. The number of hydrogen-bond donors (Lipinski definition) is 0. The summed E-state index contributed by atoms with van der Waals surface area (Å²) in [6.45, 7) is 5.44. The highest BCUT2D eigenvalue weighted by Gasteiger charge is 2.08. The zero-order valence-corrected chi connectivity index (χ0v) is 16.8. The lowest BCUT2D eigenvalue weighted by Gasteiger charge is -2.03. The highest BCUT2D eigenvalue weighted by atomic mass is 32.2. The molecular weight excluding hydrogens is 364 g/mol. The molecule has 0 saturated carbocycles. The summed E-state index contributed by atoms with van der Waals surface area (Å²) >= 11 is 3.28. The van der Waals surface area contributed by atoms with Crippen molar-refractivity contribution in [1.29, 1.82) is 0 Å². The fraction of sp³-hybridized carbons (Fsp3) is 0.300. The molecule has 136 valence electrons. The van der Waals surface area contributed by atoms with Crippen molar-refractivity contribution in [2.24, 2.45) is 4.99 Å². The topological polar surface area (TPSA) is 43.6 Å². The normalized spacial score (nSPS) is 11.9. The maximum absolute atomic E-state index is 12.5. The monoisotopic (exact) mass is 386 g/mol. The molecule has 0 unspecified atom stereocenters. The maximum Gasteiger partial charge on any atom is 0.252 e. The first-order valence-corrected chi connectivity index (χ1v) is 10.7. The Morgan fingerprint density at radius 1 is 1.19 bits per heavy atom. The number of benzene rings is 2. The molecule has 0 spiro atoms. The maximum atomic E-state index is 12.5. The smallest absolute Gasteiger partial charge is 0.252 e. The average molecular weight is 387 g/mol. The van der Waals surface area contributed by atoms with Crippen molar-refractivity contribution >= 4 is 39.2 Å². The molecular formula is C20H22N2O2S2. The molecule has 26 heavy (non-hydrogen) atoms. The van der Waals surface area contributed by atoms with E-state index in [1.165, 1.54) is 4.90 Å². The van der Waals surface area contributed by atoms with E-state index in [4.69, 9.17) is 4.74 Å². The van der Waals surface area contributed by atoms with E-state index in [1.54, 1.807) is 23.1 Å². The van der Waals surface area contributed by atoms with Crippen molar-refractivity contribution in [1.82, 2.24) is 4.57 Å². The fourth-order valence-electron chi connectivity index (χ4n) is 2.76. The van der Waals surface area contributed by atoms with Crippen molar-refractivity contribution in [3.63, 3.8) is 0 Å². The van der Waals surface area contributed by atoms with E-state index in [2.05, 4.69) is 40.9 Å². The van der Waals surface area contributed by atoms with Crippen molar-refractivity contribution in [3.8, 4) is 5.75 Å². The molecule has 0 aliphatic rings. The molecule has 0 aliphatic carbocycles. The molecule has 0 atom stereocenters. The first kappa shape index (κ1) is 18.7. The lowest BCUT2D eigenvalue weighted by molar-refractivity contribution is -0.117. The Labute approximate surface area is 161 Å². The highest BCUT2D eigenvalue weighted by Crippen LogP contribution is 2.24. The number of amides is 1. The lowest BCUT2D eigenvalue weighted by atomic mass is 10.1. The molecule has 0 fully saturated rings. The standard InChI is InChI=1S/C20H22N2O2S2/c1-4-22-17-11-10-16(25-3)13-18(17)26-20(22)21-19(23)12-14-6-8-15(9-7-14)24-5-2/h6-11,13H,4-5,12H2,1-3H3. The Balaban J connectivity index is 1.87. The molecule has 6 heteroatoms. The number of thiazole rings is 1. The Kier molecular flexibility index (Phi) is 6.16. The highest BCUT2D eigenvalue weighted by molar-refractivity contribution is 7.98. The predicted octanol–water partition coefficient (Wildman–Crippen LogP) is 4.51. The second kappa shape index (κ2) is 8.56. The van der Waals surface area contributed by atoms with Gasteiger partial charge in [-0.05, 0) is 56.0 Å². The van der Waals surface area contributed by atoms with Crippen LogP contribution in [0, 0.1) is 0 Å². The van der Waals surface area contributed by atoms with Crippen LogP contribution < -0.4 is 9.54 Å². The number of aryl methyl sites for hydroxylation is 1. The summed E-state index contributed by atoms with van der Waals surface area (Å²) in [5.41, 5.74) is 2.07. The van der Waals surface area contributed by atoms with Crippen LogP contribution in [0.5, 0.6) is 5.75 Å². The number of ether oxygens (including phenoxy) is 1. The zero-order chi connectivity index (χ0) is 18.5. The molecule has 0 radical (unpaired) electrons. The Hall–Kier alpha value is -2.05. The van der Waals surface area contributed by atoms with Gasteiger partial charge in [0.25, 0.3) is 5.91 Å². The Morgan fingerprint density at radius 3 is 2.62 bits per heavy atom. The van der Waals surface area contributed by atoms with Gasteiger partial charge in [-0.25, -0.2) is 0 Å². The van der Waals surface area contributed by atoms with Gasteiger partial charge in [-0.3, -0.25) is 4.79 Å². The number of rotatable bonds is 6. The molecule has 1 amide bonds. The van der Waals surface area contributed by atoms with Gasteiger partial charge in [0.05, 0.1) is 23.2 Å². The molecule has 2 aromatic carbocycles. The number of aromatic nitrogens is 1. The summed E-state index contributed by atoms with van der Waals surface area (Å²) < 4.78 is 8.69. The van der Waals surface area contributed by atoms with Crippen LogP contribution in [0.25, 0.3) is 10.2 Å². The minimum atomic E-state index is -0.131. The van der Waals surface area contributed by atoms with Crippen molar-refractivity contribution < 1.29 is 9.53 Å². The molecule has 0 N–H and O–H groups in total. The van der Waals surface area contributed by atoms with Gasteiger partial charge in [0.15, 0.2) is 4.80 Å². The minimum Gasteiger partial charge on any atom is -0.494 e. The molecule has 3 rings (SSSR count). The summed E-state index contributed by atoms with van der Waals surface area (Å²) in [5.74, 6) is 0.687. The summed E-state index contributed by atoms with van der Waals surface area (Å²) in [4.78, 5) is 18.8. The molecule has 0 bridgehead atoms. The minimum absolute atomic E-state index is 0.131. The van der Waals surface area contributed by atoms with Gasteiger partial charge in [0, 0.05) is 11.4 Å². The zero-order valence-electron chi connectivity index (χ0n) is 15.2. The third-order valence-corrected chi connectivity index (χ3v) is 5.78. The van der Waals surface area contributed by atoms with Crippen LogP contribution in [0.4, 0.5) is 0 Å². The van der Waals surface area contributed by atoms with Crippen LogP contribution in [0.3, 0.4) is 0 Å². The van der Waals surface area contributed by atoms with Crippen LogP contribution in [0.1, 0.15) is 19.4 Å². The van der Waals surface area contributed by atoms with Crippen molar-refractivity contribution in [2.75, 3.05) is 12.9 Å². The number of carbonyl (C=O) groups is 1. The van der Waals surface area contributed by atoms with Crippen LogP contribution in [-0.4, -0.2) is 23.3 Å². The molecule has 4 nitrogen and oxygen atoms in total. The van der Waals surface area contributed by atoms with E-state index in [-0.39, 0.29) is 5.91 Å². The van der Waals surface area contributed by atoms with Gasteiger partial charge in [-0.1, -0.05) is 23.5 Å². The van der Waals surface area contributed by atoms with Crippen molar-refractivity contribution in [2.45, 2.75) is 31.7 Å². The second-order valence-electron chi connectivity index (χ2n) is 5.72. The van der Waals surface area contributed by atoms with E-state index in [0.29, 0.717) is 13.0 Å². The van der Waals surface area contributed by atoms with Crippen LogP contribution in [-0.2, 0) is 17.8 Å². The van der Waals surface area contributed by atoms with Crippen LogP contribution >= 0.6 is 23.1 Å². The first-order chi connectivity index (χ1) is 12.6. The van der Waals surface area contributed by atoms with Gasteiger partial charge in [0.1, 0.15) is 5.75 Å². The number of nitrogens with zero attached hydrogens (tertiary/aromatic N) is 2. The van der Waals surface area contributed by atoms with E-state index in [1.807, 2.05) is 31.2 Å². The van der Waals surface area contributed by atoms with E-state index in [0.717, 1.165) is 32.9 Å². The molecule has 1 aromatic heterocycles. The third kappa shape index (κ3) is 4.19. The number of fused-ring (bicyclic) bond motifs is 1. The number of thioether (sulfide) groups is 1. The van der Waals surface area contributed by atoms with Gasteiger partial charge >= 0.3 is 0 Å². The Morgan fingerprint density at radius 2 is 1.96 bits per heavy atom. The van der Waals surface area contributed by atoms with Gasteiger partial charge in [0.2, 0.25) is 0 Å². The van der Waals surface area contributed by atoms with Crippen LogP contribution in [0.2, 0.25) is 0 Å². The first-order valence-electron chi connectivity index (χ1n) is 8.61. The number of carbonyl (C=O) groups excluding carboxylic acids is 1.